The molecule has 0 aliphatic carbocycles. The summed E-state index contributed by atoms with van der Waals surface area (Å²) in [6.07, 6.45) is 2.11. The fourth-order valence-corrected chi connectivity index (χ4v) is 3.38. The van der Waals surface area contributed by atoms with Crippen molar-refractivity contribution >= 4 is 28.0 Å². The van der Waals surface area contributed by atoms with E-state index in [1.165, 1.54) is 18.4 Å². The number of rotatable bonds is 3. The van der Waals surface area contributed by atoms with Crippen molar-refractivity contribution in [3.63, 3.8) is 0 Å². The summed E-state index contributed by atoms with van der Waals surface area (Å²) in [6, 6.07) is 1.85. The Labute approximate surface area is 117 Å². The van der Waals surface area contributed by atoms with E-state index in [9.17, 15) is 4.79 Å². The number of anilines is 2. The zero-order valence-corrected chi connectivity index (χ0v) is 12.4. The van der Waals surface area contributed by atoms with E-state index in [1.807, 2.05) is 6.07 Å². The van der Waals surface area contributed by atoms with Crippen LogP contribution in [0.25, 0.3) is 0 Å². The van der Waals surface area contributed by atoms with Gasteiger partial charge in [0, 0.05) is 20.2 Å². The molecule has 1 saturated heterocycles. The van der Waals surface area contributed by atoms with Gasteiger partial charge in [0.05, 0.1) is 23.4 Å². The first kappa shape index (κ1) is 14.1. The van der Waals surface area contributed by atoms with Gasteiger partial charge < -0.3 is 20.1 Å². The Balaban J connectivity index is 2.20. The molecule has 1 fully saturated rings. The molecule has 1 aliphatic rings. The highest BCUT2D eigenvalue weighted by molar-refractivity contribution is 7.18. The predicted octanol–water partition coefficient (Wildman–Crippen LogP) is 2.12. The number of esters is 1. The normalized spacial score (nSPS) is 23.4. The highest BCUT2D eigenvalue weighted by Gasteiger charge is 2.32. The van der Waals surface area contributed by atoms with Crippen LogP contribution >= 0.6 is 11.3 Å². The Kier molecular flexibility index (Phi) is 4.01. The molecule has 2 rings (SSSR count). The number of nitrogens with zero attached hydrogens (tertiary/aromatic N) is 1. The number of ether oxygens (including phenoxy) is 2. The number of thiophene rings is 1. The summed E-state index contributed by atoms with van der Waals surface area (Å²) in [6.45, 7) is 3.88. The third kappa shape index (κ3) is 2.84. The average Bonchev–Trinajstić information content (AvgIpc) is 2.80. The largest absolute Gasteiger partial charge is 0.465 e. The predicted molar refractivity (Wildman–Crippen MR) is 76.9 cm³/mol. The van der Waals surface area contributed by atoms with Gasteiger partial charge in [0.15, 0.2) is 0 Å². The number of nitrogen functional groups attached to an aromatic ring is 1. The van der Waals surface area contributed by atoms with Gasteiger partial charge in [-0.05, 0) is 25.8 Å². The lowest BCUT2D eigenvalue weighted by molar-refractivity contribution is -0.00451. The van der Waals surface area contributed by atoms with Gasteiger partial charge in [0.25, 0.3) is 0 Å². The topological polar surface area (TPSA) is 64.8 Å². The molecule has 0 spiro atoms. The molecular weight excluding hydrogens is 264 g/mol. The van der Waals surface area contributed by atoms with E-state index in [0.29, 0.717) is 10.6 Å². The maximum Gasteiger partial charge on any atom is 0.350 e. The molecule has 106 valence electrons. The first-order chi connectivity index (χ1) is 8.99. The van der Waals surface area contributed by atoms with E-state index in [1.54, 1.807) is 7.11 Å². The molecule has 6 heteroatoms. The molecule has 1 aliphatic heterocycles. The molecule has 0 amide bonds. The molecule has 19 heavy (non-hydrogen) atoms. The molecule has 0 radical (unpaired) electrons. The highest BCUT2D eigenvalue weighted by Crippen LogP contribution is 2.36. The number of piperidine rings is 1. The Morgan fingerprint density at radius 1 is 1.53 bits per heavy atom. The summed E-state index contributed by atoms with van der Waals surface area (Å²) in [5.41, 5.74) is 6.22. The van der Waals surface area contributed by atoms with Crippen LogP contribution in [0.2, 0.25) is 0 Å². The van der Waals surface area contributed by atoms with Gasteiger partial charge in [-0.25, -0.2) is 4.79 Å². The number of methoxy groups -OCH3 is 2. The molecule has 0 saturated carbocycles. The van der Waals surface area contributed by atoms with E-state index < -0.39 is 0 Å². The van der Waals surface area contributed by atoms with Gasteiger partial charge in [-0.15, -0.1) is 11.3 Å². The van der Waals surface area contributed by atoms with E-state index >= 15 is 0 Å². The fourth-order valence-electron chi connectivity index (χ4n) is 2.36. The molecule has 1 atom stereocenters. The molecule has 5 nitrogen and oxygen atoms in total. The smallest absolute Gasteiger partial charge is 0.350 e. The van der Waals surface area contributed by atoms with E-state index in [4.69, 9.17) is 15.2 Å². The van der Waals surface area contributed by atoms with Crippen molar-refractivity contribution < 1.29 is 14.3 Å². The first-order valence-corrected chi connectivity index (χ1v) is 7.08. The standard InChI is InChI=1S/C13H20N2O3S/c1-13(18-3)5-4-6-15(8-13)10-7-9(14)11(19-10)12(16)17-2/h7H,4-6,8,14H2,1-3H3. The number of carbonyl (C=O) groups excluding carboxylic acids is 1. The number of carbonyl (C=O) groups is 1. The van der Waals surface area contributed by atoms with Gasteiger partial charge in [0.1, 0.15) is 4.88 Å². The van der Waals surface area contributed by atoms with Crippen molar-refractivity contribution in [3.05, 3.63) is 10.9 Å². The molecule has 2 heterocycles. The zero-order valence-electron chi connectivity index (χ0n) is 11.6. The van der Waals surface area contributed by atoms with Crippen LogP contribution in [-0.4, -0.2) is 38.9 Å². The van der Waals surface area contributed by atoms with E-state index in [2.05, 4.69) is 11.8 Å². The third-order valence-electron chi connectivity index (χ3n) is 3.58. The zero-order chi connectivity index (χ0) is 14.0. The summed E-state index contributed by atoms with van der Waals surface area (Å²) in [4.78, 5) is 14.3. The third-order valence-corrected chi connectivity index (χ3v) is 4.77. The second-order valence-corrected chi connectivity index (χ2v) is 6.07. The average molecular weight is 284 g/mol. The second-order valence-electron chi connectivity index (χ2n) is 5.04. The Bertz CT molecular complexity index is 474. The van der Waals surface area contributed by atoms with Crippen LogP contribution in [0.1, 0.15) is 29.4 Å². The lowest BCUT2D eigenvalue weighted by Gasteiger charge is -2.39. The summed E-state index contributed by atoms with van der Waals surface area (Å²) < 4.78 is 10.3. The number of nitrogens with two attached hydrogens (primary N) is 1. The van der Waals surface area contributed by atoms with E-state index in [0.717, 1.165) is 30.9 Å². The van der Waals surface area contributed by atoms with Gasteiger partial charge in [-0.1, -0.05) is 0 Å². The Hall–Kier alpha value is -1.27. The van der Waals surface area contributed by atoms with E-state index in [-0.39, 0.29) is 11.6 Å². The molecule has 2 N–H and O–H groups in total. The summed E-state index contributed by atoms with van der Waals surface area (Å²) in [7, 11) is 3.11. The fraction of sp³-hybridized carbons (Fsp3) is 0.615. The minimum atomic E-state index is -0.375. The van der Waals surface area contributed by atoms with Crippen LogP contribution in [0.3, 0.4) is 0 Å². The van der Waals surface area contributed by atoms with Gasteiger partial charge in [0.2, 0.25) is 0 Å². The monoisotopic (exact) mass is 284 g/mol. The highest BCUT2D eigenvalue weighted by atomic mass is 32.1. The first-order valence-electron chi connectivity index (χ1n) is 6.27. The maximum atomic E-state index is 11.6. The summed E-state index contributed by atoms with van der Waals surface area (Å²) >= 11 is 1.38. The maximum absolute atomic E-state index is 11.6. The van der Waals surface area contributed by atoms with Crippen molar-refractivity contribution in [2.24, 2.45) is 0 Å². The van der Waals surface area contributed by atoms with Gasteiger partial charge in [-0.2, -0.15) is 0 Å². The van der Waals surface area contributed by atoms with Gasteiger partial charge >= 0.3 is 5.97 Å². The van der Waals surface area contributed by atoms with Crippen LogP contribution < -0.4 is 10.6 Å². The minimum Gasteiger partial charge on any atom is -0.465 e. The van der Waals surface area contributed by atoms with Crippen molar-refractivity contribution in [2.45, 2.75) is 25.4 Å². The van der Waals surface area contributed by atoms with Crippen LogP contribution in [0.5, 0.6) is 0 Å². The van der Waals surface area contributed by atoms with Crippen molar-refractivity contribution in [2.75, 3.05) is 37.9 Å². The minimum absolute atomic E-state index is 0.136. The van der Waals surface area contributed by atoms with Crippen LogP contribution in [0.15, 0.2) is 6.07 Å². The molecule has 1 aromatic rings. The molecular formula is C13H20N2O3S. The SMILES string of the molecule is COC(=O)c1sc(N2CCCC(C)(OC)C2)cc1N. The number of hydrogen-bond acceptors (Lipinski definition) is 6. The van der Waals surface area contributed by atoms with Crippen LogP contribution in [0.4, 0.5) is 10.7 Å². The van der Waals surface area contributed by atoms with Gasteiger partial charge in [-0.3, -0.25) is 0 Å². The summed E-state index contributed by atoms with van der Waals surface area (Å²) in [5.74, 6) is -0.375. The second kappa shape index (κ2) is 5.38. The van der Waals surface area contributed by atoms with Crippen LogP contribution in [0, 0.1) is 0 Å². The van der Waals surface area contributed by atoms with Crippen LogP contribution in [-0.2, 0) is 9.47 Å². The van der Waals surface area contributed by atoms with Crippen molar-refractivity contribution in [3.8, 4) is 0 Å². The Morgan fingerprint density at radius 2 is 2.26 bits per heavy atom. The van der Waals surface area contributed by atoms with Crippen molar-refractivity contribution in [1.82, 2.24) is 0 Å². The number of hydrogen-bond donors (Lipinski definition) is 1. The molecule has 1 unspecified atom stereocenters. The summed E-state index contributed by atoms with van der Waals surface area (Å²) in [5, 5.41) is 1.00. The molecule has 1 aromatic heterocycles. The van der Waals surface area contributed by atoms with Crippen molar-refractivity contribution in [1.29, 1.82) is 0 Å². The quantitative estimate of drug-likeness (QED) is 0.861. The molecule has 0 aromatic carbocycles. The lowest BCUT2D eigenvalue weighted by Crippen LogP contribution is -2.47. The lowest BCUT2D eigenvalue weighted by atomic mass is 9.95. The molecule has 0 bridgehead atoms. The Morgan fingerprint density at radius 3 is 2.89 bits per heavy atom.